The van der Waals surface area contributed by atoms with Crippen LogP contribution in [0.4, 0.5) is 15.8 Å². The molecule has 0 aromatic heterocycles. The number of rotatable bonds is 8. The monoisotopic (exact) mass is 296 g/mol. The number of halogens is 1. The SMILES string of the molecule is CC(C)CC(C)OCCCC(=O)Nc1cc(N)ccc1F. The van der Waals surface area contributed by atoms with E-state index in [9.17, 15) is 9.18 Å². The first kappa shape index (κ1) is 17.4. The predicted octanol–water partition coefficient (Wildman–Crippen LogP) is 3.58. The predicted molar refractivity (Wildman–Crippen MR) is 83.5 cm³/mol. The maximum absolute atomic E-state index is 13.5. The van der Waals surface area contributed by atoms with Gasteiger partial charge in [0.05, 0.1) is 11.8 Å². The summed E-state index contributed by atoms with van der Waals surface area (Å²) in [5, 5.41) is 2.52. The first-order valence-corrected chi connectivity index (χ1v) is 7.35. The second-order valence-corrected chi connectivity index (χ2v) is 5.70. The second-order valence-electron chi connectivity index (χ2n) is 5.70. The summed E-state index contributed by atoms with van der Waals surface area (Å²) in [4.78, 5) is 11.7. The number of nitrogens with one attached hydrogen (secondary N) is 1. The van der Waals surface area contributed by atoms with Crippen molar-refractivity contribution in [2.45, 2.75) is 46.1 Å². The first-order chi connectivity index (χ1) is 9.88. The fourth-order valence-corrected chi connectivity index (χ4v) is 2.10. The van der Waals surface area contributed by atoms with Crippen molar-refractivity contribution in [3.63, 3.8) is 0 Å². The lowest BCUT2D eigenvalue weighted by atomic mass is 10.1. The summed E-state index contributed by atoms with van der Waals surface area (Å²) < 4.78 is 19.1. The molecule has 0 heterocycles. The van der Waals surface area contributed by atoms with Gasteiger partial charge in [0, 0.05) is 18.7 Å². The van der Waals surface area contributed by atoms with E-state index < -0.39 is 5.82 Å². The molecule has 1 amide bonds. The van der Waals surface area contributed by atoms with Crippen LogP contribution in [0.2, 0.25) is 0 Å². The number of carbonyl (C=O) groups excluding carboxylic acids is 1. The van der Waals surface area contributed by atoms with Crippen molar-refractivity contribution in [1.82, 2.24) is 0 Å². The van der Waals surface area contributed by atoms with Crippen molar-refractivity contribution in [2.24, 2.45) is 5.92 Å². The highest BCUT2D eigenvalue weighted by molar-refractivity contribution is 5.91. The standard InChI is InChI=1S/C16H25FN2O2/c1-11(2)9-12(3)21-8-4-5-16(20)19-15-10-13(18)6-7-14(15)17/h6-7,10-12H,4-5,8-9,18H2,1-3H3,(H,19,20). The van der Waals surface area contributed by atoms with Crippen molar-refractivity contribution in [3.8, 4) is 0 Å². The Kier molecular flexibility index (Phi) is 7.15. The lowest BCUT2D eigenvalue weighted by Crippen LogP contribution is -2.16. The van der Waals surface area contributed by atoms with Gasteiger partial charge in [0.25, 0.3) is 0 Å². The van der Waals surface area contributed by atoms with Gasteiger partial charge in [0.2, 0.25) is 5.91 Å². The summed E-state index contributed by atoms with van der Waals surface area (Å²) in [5.74, 6) is -0.131. The normalized spacial score (nSPS) is 12.4. The fourth-order valence-electron chi connectivity index (χ4n) is 2.10. The van der Waals surface area contributed by atoms with Gasteiger partial charge in [-0.2, -0.15) is 0 Å². The topological polar surface area (TPSA) is 64.3 Å². The lowest BCUT2D eigenvalue weighted by molar-refractivity contribution is -0.116. The largest absolute Gasteiger partial charge is 0.399 e. The fraction of sp³-hybridized carbons (Fsp3) is 0.562. The highest BCUT2D eigenvalue weighted by Gasteiger charge is 2.09. The minimum absolute atomic E-state index is 0.120. The summed E-state index contributed by atoms with van der Waals surface area (Å²) in [6, 6.07) is 4.10. The van der Waals surface area contributed by atoms with Gasteiger partial charge in [-0.3, -0.25) is 4.79 Å². The quantitative estimate of drug-likeness (QED) is 0.569. The van der Waals surface area contributed by atoms with Crippen LogP contribution in [0.15, 0.2) is 18.2 Å². The lowest BCUT2D eigenvalue weighted by Gasteiger charge is -2.15. The minimum Gasteiger partial charge on any atom is -0.399 e. The van der Waals surface area contributed by atoms with Gasteiger partial charge in [0.15, 0.2) is 0 Å². The van der Waals surface area contributed by atoms with Crippen molar-refractivity contribution in [2.75, 3.05) is 17.7 Å². The molecule has 1 aromatic rings. The molecule has 4 nitrogen and oxygen atoms in total. The number of amides is 1. The smallest absolute Gasteiger partial charge is 0.224 e. The molecule has 1 aromatic carbocycles. The number of carbonyl (C=O) groups is 1. The van der Waals surface area contributed by atoms with Crippen molar-refractivity contribution < 1.29 is 13.9 Å². The summed E-state index contributed by atoms with van der Waals surface area (Å²) >= 11 is 0. The highest BCUT2D eigenvalue weighted by Crippen LogP contribution is 2.17. The number of anilines is 2. The van der Waals surface area contributed by atoms with Gasteiger partial charge >= 0.3 is 0 Å². The van der Waals surface area contributed by atoms with E-state index in [0.29, 0.717) is 31.1 Å². The average Bonchev–Trinajstić information content (AvgIpc) is 2.38. The van der Waals surface area contributed by atoms with E-state index in [1.165, 1.54) is 18.2 Å². The van der Waals surface area contributed by atoms with Crippen LogP contribution in [0, 0.1) is 11.7 Å². The Morgan fingerprint density at radius 1 is 1.38 bits per heavy atom. The van der Waals surface area contributed by atoms with E-state index in [-0.39, 0.29) is 17.7 Å². The van der Waals surface area contributed by atoms with Crippen molar-refractivity contribution >= 4 is 17.3 Å². The van der Waals surface area contributed by atoms with Crippen LogP contribution in [0.25, 0.3) is 0 Å². The maximum Gasteiger partial charge on any atom is 0.224 e. The van der Waals surface area contributed by atoms with E-state index in [1.54, 1.807) is 0 Å². The highest BCUT2D eigenvalue weighted by atomic mass is 19.1. The molecule has 0 bridgehead atoms. The average molecular weight is 296 g/mol. The molecule has 0 aliphatic rings. The third kappa shape index (κ3) is 7.09. The molecule has 0 fully saturated rings. The van der Waals surface area contributed by atoms with E-state index in [4.69, 9.17) is 10.5 Å². The van der Waals surface area contributed by atoms with Crippen LogP contribution in [-0.2, 0) is 9.53 Å². The number of nitrogens with two attached hydrogens (primary N) is 1. The van der Waals surface area contributed by atoms with Crippen LogP contribution >= 0.6 is 0 Å². The maximum atomic E-state index is 13.5. The van der Waals surface area contributed by atoms with E-state index in [2.05, 4.69) is 19.2 Å². The Bertz CT molecular complexity index is 464. The number of benzene rings is 1. The Balaban J connectivity index is 2.27. The van der Waals surface area contributed by atoms with E-state index in [0.717, 1.165) is 6.42 Å². The third-order valence-corrected chi connectivity index (χ3v) is 3.02. The third-order valence-electron chi connectivity index (χ3n) is 3.02. The summed E-state index contributed by atoms with van der Waals surface area (Å²) in [6.07, 6.45) is 2.10. The Hall–Kier alpha value is -1.62. The molecule has 0 saturated carbocycles. The van der Waals surface area contributed by atoms with E-state index in [1.807, 2.05) is 6.92 Å². The Morgan fingerprint density at radius 2 is 2.10 bits per heavy atom. The number of nitrogen functional groups attached to an aromatic ring is 1. The number of ether oxygens (including phenoxy) is 1. The second kappa shape index (κ2) is 8.62. The van der Waals surface area contributed by atoms with Crippen molar-refractivity contribution in [1.29, 1.82) is 0 Å². The van der Waals surface area contributed by atoms with Gasteiger partial charge in [-0.05, 0) is 43.9 Å². The van der Waals surface area contributed by atoms with Gasteiger partial charge in [0.1, 0.15) is 5.82 Å². The molecule has 1 atom stereocenters. The molecule has 1 unspecified atom stereocenters. The van der Waals surface area contributed by atoms with Crippen LogP contribution in [0.3, 0.4) is 0 Å². The zero-order valence-corrected chi connectivity index (χ0v) is 13.0. The number of hydrogen-bond acceptors (Lipinski definition) is 3. The summed E-state index contributed by atoms with van der Waals surface area (Å²) in [6.45, 7) is 6.85. The van der Waals surface area contributed by atoms with Gasteiger partial charge in [-0.25, -0.2) is 4.39 Å². The van der Waals surface area contributed by atoms with E-state index >= 15 is 0 Å². The van der Waals surface area contributed by atoms with Gasteiger partial charge in [-0.1, -0.05) is 13.8 Å². The molecule has 21 heavy (non-hydrogen) atoms. The molecule has 0 saturated heterocycles. The summed E-state index contributed by atoms with van der Waals surface area (Å²) in [5.41, 5.74) is 6.09. The molecular formula is C16H25FN2O2. The Morgan fingerprint density at radius 3 is 2.76 bits per heavy atom. The number of hydrogen-bond donors (Lipinski definition) is 2. The Labute approximate surface area is 125 Å². The van der Waals surface area contributed by atoms with Crippen LogP contribution in [-0.4, -0.2) is 18.6 Å². The first-order valence-electron chi connectivity index (χ1n) is 7.35. The molecule has 0 radical (unpaired) electrons. The molecule has 0 aliphatic heterocycles. The minimum atomic E-state index is -0.487. The molecular weight excluding hydrogens is 271 g/mol. The zero-order valence-electron chi connectivity index (χ0n) is 13.0. The van der Waals surface area contributed by atoms with Crippen LogP contribution < -0.4 is 11.1 Å². The van der Waals surface area contributed by atoms with Crippen LogP contribution in [0.1, 0.15) is 40.0 Å². The molecule has 0 aliphatic carbocycles. The van der Waals surface area contributed by atoms with Crippen molar-refractivity contribution in [3.05, 3.63) is 24.0 Å². The molecule has 118 valence electrons. The molecule has 0 spiro atoms. The molecule has 5 heteroatoms. The van der Waals surface area contributed by atoms with Crippen LogP contribution in [0.5, 0.6) is 0 Å². The summed E-state index contributed by atoms with van der Waals surface area (Å²) in [7, 11) is 0. The van der Waals surface area contributed by atoms with Gasteiger partial charge < -0.3 is 15.8 Å². The zero-order chi connectivity index (χ0) is 15.8. The molecule has 3 N–H and O–H groups in total. The van der Waals surface area contributed by atoms with Gasteiger partial charge in [-0.15, -0.1) is 0 Å². The molecule has 1 rings (SSSR count).